The fourth-order valence-corrected chi connectivity index (χ4v) is 6.63. The first-order valence-electron chi connectivity index (χ1n) is 11.1. The van der Waals surface area contributed by atoms with Gasteiger partial charge in [0.05, 0.1) is 16.3 Å². The third-order valence-corrected chi connectivity index (χ3v) is 9.24. The molecule has 2 aliphatic heterocycles. The summed E-state index contributed by atoms with van der Waals surface area (Å²) in [5.41, 5.74) is 3.08. The Kier molecular flexibility index (Phi) is 6.83. The Morgan fingerprint density at radius 1 is 1.12 bits per heavy atom. The number of fused-ring (bicyclic) bond motifs is 1. The summed E-state index contributed by atoms with van der Waals surface area (Å²) in [6, 6.07) is 10.6. The molecule has 33 heavy (non-hydrogen) atoms. The molecule has 0 spiro atoms. The van der Waals surface area contributed by atoms with Gasteiger partial charge in [-0.2, -0.15) is 4.31 Å². The number of carbonyl (C=O) groups is 2. The van der Waals surface area contributed by atoms with Crippen LogP contribution in [-0.4, -0.2) is 49.9 Å². The lowest BCUT2D eigenvalue weighted by molar-refractivity contribution is -0.120. The number of nitrogens with zero attached hydrogens (tertiary/aromatic N) is 2. The number of benzene rings is 2. The van der Waals surface area contributed by atoms with Gasteiger partial charge in [-0.3, -0.25) is 9.59 Å². The maximum atomic E-state index is 13.2. The van der Waals surface area contributed by atoms with E-state index in [4.69, 9.17) is 0 Å². The summed E-state index contributed by atoms with van der Waals surface area (Å²) in [7, 11) is -3.66. The van der Waals surface area contributed by atoms with Gasteiger partial charge in [-0.1, -0.05) is 25.1 Å². The highest BCUT2D eigenvalue weighted by atomic mass is 32.2. The fourth-order valence-electron chi connectivity index (χ4n) is 4.22. The van der Waals surface area contributed by atoms with E-state index in [9.17, 15) is 18.0 Å². The van der Waals surface area contributed by atoms with E-state index >= 15 is 0 Å². The first kappa shape index (κ1) is 23.8. The number of piperidine rings is 1. The molecule has 0 unspecified atom stereocenters. The van der Waals surface area contributed by atoms with Crippen molar-refractivity contribution in [3.05, 3.63) is 47.5 Å². The van der Waals surface area contributed by atoms with Gasteiger partial charge in [0, 0.05) is 23.7 Å². The van der Waals surface area contributed by atoms with Crippen molar-refractivity contribution in [3.8, 4) is 0 Å². The van der Waals surface area contributed by atoms with Gasteiger partial charge in [0.15, 0.2) is 0 Å². The van der Waals surface area contributed by atoms with E-state index in [2.05, 4.69) is 12.2 Å². The van der Waals surface area contributed by atoms with Crippen molar-refractivity contribution in [2.24, 2.45) is 5.92 Å². The molecular formula is C24H29N3O4S2. The Hall–Kier alpha value is -2.36. The molecule has 0 saturated carbocycles. The van der Waals surface area contributed by atoms with Gasteiger partial charge in [-0.15, -0.1) is 11.8 Å². The summed E-state index contributed by atoms with van der Waals surface area (Å²) in [5.74, 6) is 0.182. The predicted octanol–water partition coefficient (Wildman–Crippen LogP) is 3.80. The number of aryl methyl sites for hydroxylation is 2. The van der Waals surface area contributed by atoms with Crippen molar-refractivity contribution in [3.63, 3.8) is 0 Å². The van der Waals surface area contributed by atoms with Crippen LogP contribution in [0.1, 0.15) is 30.9 Å². The number of nitrogens with one attached hydrogen (secondary N) is 1. The molecule has 2 aliphatic rings. The van der Waals surface area contributed by atoms with Crippen molar-refractivity contribution < 1.29 is 18.0 Å². The van der Waals surface area contributed by atoms with Crippen molar-refractivity contribution in [1.82, 2.24) is 4.31 Å². The molecule has 4 rings (SSSR count). The number of carbonyl (C=O) groups excluding carboxylic acids is 2. The third-order valence-electron chi connectivity index (χ3n) is 6.30. The lowest BCUT2D eigenvalue weighted by atomic mass is 10.0. The van der Waals surface area contributed by atoms with Gasteiger partial charge in [-0.05, 0) is 61.9 Å². The molecule has 2 amide bonds. The molecule has 1 N–H and O–H groups in total. The van der Waals surface area contributed by atoms with E-state index < -0.39 is 10.0 Å². The summed E-state index contributed by atoms with van der Waals surface area (Å²) in [6.45, 7) is 6.78. The zero-order valence-corrected chi connectivity index (χ0v) is 20.8. The topological polar surface area (TPSA) is 86.8 Å². The Morgan fingerprint density at radius 3 is 2.45 bits per heavy atom. The minimum absolute atomic E-state index is 0.159. The molecule has 2 heterocycles. The van der Waals surface area contributed by atoms with Crippen LogP contribution in [0.15, 0.2) is 46.2 Å². The monoisotopic (exact) mass is 487 g/mol. The number of anilines is 2. The molecule has 7 nitrogen and oxygen atoms in total. The zero-order valence-electron chi connectivity index (χ0n) is 19.1. The van der Waals surface area contributed by atoms with Crippen molar-refractivity contribution in [2.75, 3.05) is 35.6 Å². The molecule has 0 aromatic heterocycles. The molecule has 2 aromatic carbocycles. The van der Waals surface area contributed by atoms with E-state index in [1.165, 1.54) is 21.0 Å². The summed E-state index contributed by atoms with van der Waals surface area (Å²) in [5, 5.41) is 2.91. The third kappa shape index (κ3) is 4.95. The van der Waals surface area contributed by atoms with Gasteiger partial charge < -0.3 is 10.2 Å². The van der Waals surface area contributed by atoms with Crippen LogP contribution in [0.4, 0.5) is 11.4 Å². The van der Waals surface area contributed by atoms with Gasteiger partial charge in [0.1, 0.15) is 6.54 Å². The fraction of sp³-hybridized carbons (Fsp3) is 0.417. The van der Waals surface area contributed by atoms with E-state index in [0.717, 1.165) is 34.6 Å². The number of para-hydroxylation sites is 1. The molecule has 0 radical (unpaired) electrons. The Morgan fingerprint density at radius 2 is 1.79 bits per heavy atom. The largest absolute Gasteiger partial charge is 0.324 e. The molecule has 1 fully saturated rings. The van der Waals surface area contributed by atoms with Crippen LogP contribution >= 0.6 is 11.8 Å². The normalized spacial score (nSPS) is 17.7. The highest BCUT2D eigenvalue weighted by molar-refractivity contribution is 8.00. The molecule has 9 heteroatoms. The summed E-state index contributed by atoms with van der Waals surface area (Å²) >= 11 is 1.36. The molecule has 0 bridgehead atoms. The maximum Gasteiger partial charge on any atom is 0.244 e. The lowest BCUT2D eigenvalue weighted by Gasteiger charge is -2.31. The second-order valence-electron chi connectivity index (χ2n) is 8.80. The smallest absolute Gasteiger partial charge is 0.244 e. The molecule has 1 saturated heterocycles. The van der Waals surface area contributed by atoms with Gasteiger partial charge in [-0.25, -0.2) is 8.42 Å². The lowest BCUT2D eigenvalue weighted by Crippen LogP contribution is -2.41. The number of hydrogen-bond donors (Lipinski definition) is 1. The van der Waals surface area contributed by atoms with Crippen molar-refractivity contribution in [1.29, 1.82) is 0 Å². The first-order chi connectivity index (χ1) is 15.7. The average molecular weight is 488 g/mol. The molecule has 0 atom stereocenters. The standard InChI is InChI=1S/C24H29N3O4S2/c1-16-9-11-26(12-10-16)33(30,31)19-7-8-21-20(13-19)27(23(29)15-32-21)14-22(28)25-24-17(2)5-4-6-18(24)3/h4-8,13,16H,9-12,14-15H2,1-3H3,(H,25,28). The minimum atomic E-state index is -3.66. The van der Waals surface area contributed by atoms with Crippen LogP contribution in [0.5, 0.6) is 0 Å². The minimum Gasteiger partial charge on any atom is -0.324 e. The molecular weight excluding hydrogens is 458 g/mol. The van der Waals surface area contributed by atoms with Crippen molar-refractivity contribution >= 4 is 45.0 Å². The van der Waals surface area contributed by atoms with E-state index in [-0.39, 0.29) is 29.0 Å². The Balaban J connectivity index is 1.59. The highest BCUT2D eigenvalue weighted by Crippen LogP contribution is 2.38. The number of rotatable bonds is 5. The zero-order chi connectivity index (χ0) is 23.8. The number of thioether (sulfide) groups is 1. The van der Waals surface area contributed by atoms with Gasteiger partial charge in [0.2, 0.25) is 21.8 Å². The first-order valence-corrected chi connectivity index (χ1v) is 13.5. The van der Waals surface area contributed by atoms with Crippen LogP contribution in [0.3, 0.4) is 0 Å². The number of sulfonamides is 1. The quantitative estimate of drug-likeness (QED) is 0.693. The average Bonchev–Trinajstić information content (AvgIpc) is 2.78. The van der Waals surface area contributed by atoms with Crippen LogP contribution in [0.2, 0.25) is 0 Å². The van der Waals surface area contributed by atoms with Crippen LogP contribution in [0, 0.1) is 19.8 Å². The van der Waals surface area contributed by atoms with E-state index in [1.807, 2.05) is 32.0 Å². The Labute approximate surface area is 199 Å². The highest BCUT2D eigenvalue weighted by Gasteiger charge is 2.32. The van der Waals surface area contributed by atoms with Gasteiger partial charge >= 0.3 is 0 Å². The van der Waals surface area contributed by atoms with Crippen LogP contribution < -0.4 is 10.2 Å². The second-order valence-corrected chi connectivity index (χ2v) is 11.8. The maximum absolute atomic E-state index is 13.2. The molecule has 176 valence electrons. The Bertz CT molecular complexity index is 1170. The summed E-state index contributed by atoms with van der Waals surface area (Å²) < 4.78 is 28.0. The molecule has 2 aromatic rings. The van der Waals surface area contributed by atoms with E-state index in [0.29, 0.717) is 24.7 Å². The predicted molar refractivity (Wildman–Crippen MR) is 131 cm³/mol. The van der Waals surface area contributed by atoms with Crippen LogP contribution in [-0.2, 0) is 19.6 Å². The molecule has 0 aliphatic carbocycles. The SMILES string of the molecule is Cc1cccc(C)c1NC(=O)CN1C(=O)CSc2ccc(S(=O)(=O)N3CCC(C)CC3)cc21. The van der Waals surface area contributed by atoms with E-state index in [1.54, 1.807) is 18.2 Å². The second kappa shape index (κ2) is 9.48. The summed E-state index contributed by atoms with van der Waals surface area (Å²) in [4.78, 5) is 28.0. The summed E-state index contributed by atoms with van der Waals surface area (Å²) in [6.07, 6.45) is 1.67. The number of hydrogen-bond acceptors (Lipinski definition) is 5. The van der Waals surface area contributed by atoms with Gasteiger partial charge in [0.25, 0.3) is 0 Å². The van der Waals surface area contributed by atoms with Crippen LogP contribution in [0.25, 0.3) is 0 Å². The van der Waals surface area contributed by atoms with Crippen molar-refractivity contribution in [2.45, 2.75) is 43.4 Å². The number of amides is 2.